The zero-order valence-electron chi connectivity index (χ0n) is 9.65. The summed E-state index contributed by atoms with van der Waals surface area (Å²) in [4.78, 5) is 14.2. The van der Waals surface area contributed by atoms with Gasteiger partial charge < -0.3 is 14.3 Å². The van der Waals surface area contributed by atoms with E-state index in [1.165, 1.54) is 0 Å². The summed E-state index contributed by atoms with van der Waals surface area (Å²) < 4.78 is 7.16. The van der Waals surface area contributed by atoms with Crippen LogP contribution in [0, 0.1) is 0 Å². The van der Waals surface area contributed by atoms with Gasteiger partial charge in [0.15, 0.2) is 6.29 Å². The highest BCUT2D eigenvalue weighted by Crippen LogP contribution is 2.32. The number of nitrogens with one attached hydrogen (secondary N) is 1. The number of aldehydes is 1. The zero-order chi connectivity index (χ0) is 12.0. The van der Waals surface area contributed by atoms with Crippen molar-refractivity contribution in [1.82, 2.24) is 9.55 Å². The molecule has 2 aromatic heterocycles. The summed E-state index contributed by atoms with van der Waals surface area (Å²) >= 11 is 0. The predicted octanol–water partition coefficient (Wildman–Crippen LogP) is 2.48. The smallest absolute Gasteiger partial charge is 0.166 e. The Morgan fingerprint density at radius 3 is 2.88 bits per heavy atom. The van der Waals surface area contributed by atoms with Gasteiger partial charge in [0.2, 0.25) is 0 Å². The van der Waals surface area contributed by atoms with E-state index in [2.05, 4.69) is 4.98 Å². The van der Waals surface area contributed by atoms with Gasteiger partial charge in [-0.05, 0) is 12.1 Å². The molecular weight excluding hydrogens is 216 g/mol. The lowest BCUT2D eigenvalue weighted by molar-refractivity contribution is 0.111. The van der Waals surface area contributed by atoms with E-state index in [4.69, 9.17) is 4.74 Å². The average Bonchev–Trinajstić information content (AvgIpc) is 2.86. The SMILES string of the molecule is COc1cccc2c1[nH]c1c2cc(C=O)n1C. The number of aromatic amines is 1. The second-order valence-electron chi connectivity index (χ2n) is 4.02. The third kappa shape index (κ3) is 1.21. The van der Waals surface area contributed by atoms with Gasteiger partial charge in [0.25, 0.3) is 0 Å². The minimum Gasteiger partial charge on any atom is -0.495 e. The van der Waals surface area contributed by atoms with Crippen LogP contribution < -0.4 is 4.74 Å². The van der Waals surface area contributed by atoms with Crippen LogP contribution in [0.15, 0.2) is 24.3 Å². The molecule has 0 aliphatic rings. The Morgan fingerprint density at radius 1 is 1.35 bits per heavy atom. The Hall–Kier alpha value is -2.23. The van der Waals surface area contributed by atoms with Gasteiger partial charge in [-0.2, -0.15) is 0 Å². The van der Waals surface area contributed by atoms with Crippen LogP contribution >= 0.6 is 0 Å². The summed E-state index contributed by atoms with van der Waals surface area (Å²) in [5, 5.41) is 2.12. The van der Waals surface area contributed by atoms with Crippen LogP contribution in [-0.4, -0.2) is 22.9 Å². The number of methoxy groups -OCH3 is 1. The molecule has 3 aromatic rings. The number of benzene rings is 1. The summed E-state index contributed by atoms with van der Waals surface area (Å²) in [7, 11) is 3.52. The van der Waals surface area contributed by atoms with Crippen molar-refractivity contribution in [2.24, 2.45) is 7.05 Å². The van der Waals surface area contributed by atoms with Crippen LogP contribution in [0.4, 0.5) is 0 Å². The standard InChI is InChI=1S/C13H12N2O2/c1-15-8(7-16)6-10-9-4-3-5-11(17-2)12(9)14-13(10)15/h3-7,14H,1-2H3. The third-order valence-corrected chi connectivity index (χ3v) is 3.17. The van der Waals surface area contributed by atoms with Crippen molar-refractivity contribution in [2.75, 3.05) is 7.11 Å². The molecule has 0 amide bonds. The van der Waals surface area contributed by atoms with Crippen molar-refractivity contribution in [3.8, 4) is 5.75 Å². The van der Waals surface area contributed by atoms with Crippen molar-refractivity contribution in [3.05, 3.63) is 30.0 Å². The molecular formula is C13H12N2O2. The van der Waals surface area contributed by atoms with Crippen LogP contribution in [0.3, 0.4) is 0 Å². The first kappa shape index (κ1) is 9.96. The molecule has 2 heterocycles. The summed E-state index contributed by atoms with van der Waals surface area (Å²) in [6.07, 6.45) is 0.861. The molecule has 3 rings (SSSR count). The fourth-order valence-corrected chi connectivity index (χ4v) is 2.27. The summed E-state index contributed by atoms with van der Waals surface area (Å²) in [6, 6.07) is 7.77. The Morgan fingerprint density at radius 2 is 2.18 bits per heavy atom. The van der Waals surface area contributed by atoms with E-state index in [9.17, 15) is 4.79 Å². The van der Waals surface area contributed by atoms with Gasteiger partial charge in [0, 0.05) is 17.8 Å². The number of ether oxygens (including phenoxy) is 1. The molecule has 0 atom stereocenters. The summed E-state index contributed by atoms with van der Waals surface area (Å²) in [5.74, 6) is 0.811. The molecule has 0 fully saturated rings. The van der Waals surface area contributed by atoms with Crippen molar-refractivity contribution in [1.29, 1.82) is 0 Å². The fourth-order valence-electron chi connectivity index (χ4n) is 2.27. The summed E-state index contributed by atoms with van der Waals surface area (Å²) in [5.41, 5.74) is 2.57. The number of hydrogen-bond acceptors (Lipinski definition) is 2. The number of para-hydroxylation sites is 1. The van der Waals surface area contributed by atoms with Crippen molar-refractivity contribution < 1.29 is 9.53 Å². The minimum absolute atomic E-state index is 0.663. The number of nitrogens with zero attached hydrogens (tertiary/aromatic N) is 1. The van der Waals surface area contributed by atoms with Gasteiger partial charge >= 0.3 is 0 Å². The number of H-pyrrole nitrogens is 1. The fraction of sp³-hybridized carbons (Fsp3) is 0.154. The van der Waals surface area contributed by atoms with E-state index in [1.54, 1.807) is 7.11 Å². The molecule has 0 spiro atoms. The quantitative estimate of drug-likeness (QED) is 0.685. The van der Waals surface area contributed by atoms with E-state index in [0.29, 0.717) is 5.69 Å². The number of hydrogen-bond donors (Lipinski definition) is 1. The van der Waals surface area contributed by atoms with Crippen LogP contribution in [0.2, 0.25) is 0 Å². The normalized spacial score (nSPS) is 11.2. The van der Waals surface area contributed by atoms with Crippen LogP contribution in [-0.2, 0) is 7.05 Å². The first-order valence-electron chi connectivity index (χ1n) is 5.35. The molecule has 0 unspecified atom stereocenters. The van der Waals surface area contributed by atoms with E-state index in [-0.39, 0.29) is 0 Å². The Kier molecular flexibility index (Phi) is 1.98. The monoisotopic (exact) mass is 228 g/mol. The molecule has 0 saturated heterocycles. The highest BCUT2D eigenvalue weighted by atomic mass is 16.5. The Bertz CT molecular complexity index is 722. The molecule has 0 saturated carbocycles. The molecule has 4 heteroatoms. The van der Waals surface area contributed by atoms with Crippen LogP contribution in [0.5, 0.6) is 5.75 Å². The minimum atomic E-state index is 0.663. The largest absolute Gasteiger partial charge is 0.495 e. The van der Waals surface area contributed by atoms with Gasteiger partial charge in [0.05, 0.1) is 18.3 Å². The maximum atomic E-state index is 10.9. The van der Waals surface area contributed by atoms with Crippen LogP contribution in [0.25, 0.3) is 21.9 Å². The van der Waals surface area contributed by atoms with E-state index in [1.807, 2.05) is 35.9 Å². The van der Waals surface area contributed by atoms with E-state index < -0.39 is 0 Å². The average molecular weight is 228 g/mol. The second-order valence-corrected chi connectivity index (χ2v) is 4.02. The maximum absolute atomic E-state index is 10.9. The molecule has 0 radical (unpaired) electrons. The highest BCUT2D eigenvalue weighted by Gasteiger charge is 2.13. The van der Waals surface area contributed by atoms with E-state index in [0.717, 1.165) is 34.0 Å². The maximum Gasteiger partial charge on any atom is 0.166 e. The molecule has 1 N–H and O–H groups in total. The van der Waals surface area contributed by atoms with Crippen LogP contribution in [0.1, 0.15) is 10.5 Å². The van der Waals surface area contributed by atoms with E-state index >= 15 is 0 Å². The zero-order valence-corrected chi connectivity index (χ0v) is 9.65. The number of fused-ring (bicyclic) bond motifs is 3. The molecule has 4 nitrogen and oxygen atoms in total. The molecule has 86 valence electrons. The van der Waals surface area contributed by atoms with Gasteiger partial charge in [-0.1, -0.05) is 12.1 Å². The number of carbonyl (C=O) groups excluding carboxylic acids is 1. The molecule has 0 aliphatic carbocycles. The first-order chi connectivity index (χ1) is 8.26. The molecule has 1 aromatic carbocycles. The van der Waals surface area contributed by atoms with Gasteiger partial charge in [-0.25, -0.2) is 0 Å². The van der Waals surface area contributed by atoms with Crippen molar-refractivity contribution >= 4 is 28.2 Å². The number of rotatable bonds is 2. The lowest BCUT2D eigenvalue weighted by Crippen LogP contribution is -1.94. The Labute approximate surface area is 97.8 Å². The molecule has 17 heavy (non-hydrogen) atoms. The molecule has 0 bridgehead atoms. The summed E-state index contributed by atoms with van der Waals surface area (Å²) in [6.45, 7) is 0. The predicted molar refractivity (Wildman–Crippen MR) is 66.7 cm³/mol. The van der Waals surface area contributed by atoms with Crippen molar-refractivity contribution in [2.45, 2.75) is 0 Å². The third-order valence-electron chi connectivity index (χ3n) is 3.17. The highest BCUT2D eigenvalue weighted by molar-refractivity contribution is 6.10. The Balaban J connectivity index is 2.48. The van der Waals surface area contributed by atoms with Gasteiger partial charge in [0.1, 0.15) is 11.4 Å². The number of aromatic nitrogens is 2. The first-order valence-corrected chi connectivity index (χ1v) is 5.35. The van der Waals surface area contributed by atoms with Crippen molar-refractivity contribution in [3.63, 3.8) is 0 Å². The second kappa shape index (κ2) is 3.38. The number of aryl methyl sites for hydroxylation is 1. The van der Waals surface area contributed by atoms with Gasteiger partial charge in [-0.3, -0.25) is 4.79 Å². The topological polar surface area (TPSA) is 47.0 Å². The lowest BCUT2D eigenvalue weighted by atomic mass is 10.2. The number of carbonyl (C=O) groups is 1. The molecule has 0 aliphatic heterocycles. The van der Waals surface area contributed by atoms with Gasteiger partial charge in [-0.15, -0.1) is 0 Å². The lowest BCUT2D eigenvalue weighted by Gasteiger charge is -2.00.